The molecule has 1 fully saturated rings. The van der Waals surface area contributed by atoms with Crippen molar-refractivity contribution in [2.75, 3.05) is 13.1 Å². The average Bonchev–Trinajstić information content (AvgIpc) is 2.46. The molecule has 0 radical (unpaired) electrons. The fraction of sp³-hybridized carbons (Fsp3) is 0.533. The van der Waals surface area contributed by atoms with Crippen LogP contribution in [0.1, 0.15) is 36.0 Å². The molecule has 0 spiro atoms. The normalized spacial score (nSPS) is 18.3. The molecule has 8 heteroatoms. The first-order valence-electron chi connectivity index (χ1n) is 7.27. The summed E-state index contributed by atoms with van der Waals surface area (Å²) < 4.78 is 40.6. The Morgan fingerprint density at radius 1 is 1.35 bits per heavy atom. The van der Waals surface area contributed by atoms with E-state index in [0.717, 1.165) is 25.3 Å². The summed E-state index contributed by atoms with van der Waals surface area (Å²) >= 11 is 0. The van der Waals surface area contributed by atoms with Crippen LogP contribution in [0.25, 0.3) is 0 Å². The number of alkyl halides is 3. The van der Waals surface area contributed by atoms with Crippen LogP contribution in [0.4, 0.5) is 13.2 Å². The monoisotopic (exact) mass is 352 g/mol. The summed E-state index contributed by atoms with van der Waals surface area (Å²) in [5.74, 6) is -0.656. The summed E-state index contributed by atoms with van der Waals surface area (Å²) in [5, 5.41) is 0. The third-order valence-electron chi connectivity index (χ3n) is 3.70. The van der Waals surface area contributed by atoms with E-state index in [4.69, 9.17) is 5.73 Å². The highest BCUT2D eigenvalue weighted by molar-refractivity contribution is 5.94. The van der Waals surface area contributed by atoms with Gasteiger partial charge < -0.3 is 15.4 Å². The molecule has 0 saturated carbocycles. The third kappa shape index (κ3) is 5.58. The van der Waals surface area contributed by atoms with Crippen molar-refractivity contribution < 1.29 is 22.7 Å². The lowest BCUT2D eigenvalue weighted by Crippen LogP contribution is -2.44. The number of amides is 1. The van der Waals surface area contributed by atoms with Crippen molar-refractivity contribution in [3.05, 3.63) is 29.8 Å². The second-order valence-electron chi connectivity index (χ2n) is 5.30. The van der Waals surface area contributed by atoms with E-state index in [-0.39, 0.29) is 35.7 Å². The maximum atomic E-state index is 12.6. The van der Waals surface area contributed by atoms with Crippen molar-refractivity contribution >= 4 is 18.3 Å². The first kappa shape index (κ1) is 19.6. The number of carbonyl (C=O) groups excluding carboxylic acids is 1. The standard InChI is InChI=1S/C15H19F3N2O2.ClH/c16-15(17,18)22-13-6-3-4-11(10-13)14(21)20-9-2-1-5-12(20)7-8-19;/h3-4,6,10,12H,1-2,5,7-9,19H2;1H. The molecule has 23 heavy (non-hydrogen) atoms. The van der Waals surface area contributed by atoms with Crippen LogP contribution in [0.5, 0.6) is 5.75 Å². The smallest absolute Gasteiger partial charge is 0.406 e. The number of benzene rings is 1. The molecule has 4 nitrogen and oxygen atoms in total. The van der Waals surface area contributed by atoms with Crippen LogP contribution in [-0.2, 0) is 0 Å². The average molecular weight is 353 g/mol. The number of rotatable bonds is 4. The summed E-state index contributed by atoms with van der Waals surface area (Å²) in [6, 6.07) is 5.25. The molecule has 1 aliphatic rings. The molecule has 1 aromatic rings. The number of carbonyl (C=O) groups is 1. The largest absolute Gasteiger partial charge is 0.573 e. The fourth-order valence-electron chi connectivity index (χ4n) is 2.75. The first-order valence-corrected chi connectivity index (χ1v) is 7.27. The van der Waals surface area contributed by atoms with Gasteiger partial charge in [0, 0.05) is 18.2 Å². The van der Waals surface area contributed by atoms with E-state index in [1.54, 1.807) is 4.90 Å². The lowest BCUT2D eigenvalue weighted by atomic mass is 9.98. The van der Waals surface area contributed by atoms with Crippen LogP contribution in [0, 0.1) is 0 Å². The Morgan fingerprint density at radius 2 is 2.09 bits per heavy atom. The molecule has 2 N–H and O–H groups in total. The van der Waals surface area contributed by atoms with Crippen LogP contribution >= 0.6 is 12.4 Å². The summed E-state index contributed by atoms with van der Waals surface area (Å²) in [4.78, 5) is 14.3. The van der Waals surface area contributed by atoms with Crippen molar-refractivity contribution in [1.82, 2.24) is 4.90 Å². The number of halogens is 4. The van der Waals surface area contributed by atoms with E-state index in [9.17, 15) is 18.0 Å². The molecule has 2 rings (SSSR count). The van der Waals surface area contributed by atoms with Gasteiger partial charge in [0.1, 0.15) is 5.75 Å². The van der Waals surface area contributed by atoms with Crippen molar-refractivity contribution in [1.29, 1.82) is 0 Å². The highest BCUT2D eigenvalue weighted by Gasteiger charge is 2.32. The summed E-state index contributed by atoms with van der Waals surface area (Å²) in [6.07, 6.45) is -1.27. The molecule has 0 aliphatic carbocycles. The molecule has 1 atom stereocenters. The Balaban J connectivity index is 0.00000264. The quantitative estimate of drug-likeness (QED) is 0.904. The van der Waals surface area contributed by atoms with Gasteiger partial charge in [-0.2, -0.15) is 0 Å². The van der Waals surface area contributed by atoms with Gasteiger partial charge >= 0.3 is 6.36 Å². The van der Waals surface area contributed by atoms with Gasteiger partial charge in [-0.15, -0.1) is 25.6 Å². The molecule has 1 saturated heterocycles. The van der Waals surface area contributed by atoms with Crippen molar-refractivity contribution in [2.24, 2.45) is 5.73 Å². The minimum Gasteiger partial charge on any atom is -0.406 e. The van der Waals surface area contributed by atoms with Crippen molar-refractivity contribution in [3.8, 4) is 5.75 Å². The molecule has 0 aromatic heterocycles. The molecule has 0 bridgehead atoms. The lowest BCUT2D eigenvalue weighted by Gasteiger charge is -2.35. The zero-order valence-electron chi connectivity index (χ0n) is 12.5. The van der Waals surface area contributed by atoms with Gasteiger partial charge in [-0.1, -0.05) is 6.07 Å². The Hall–Kier alpha value is -1.47. The minimum absolute atomic E-state index is 0. The summed E-state index contributed by atoms with van der Waals surface area (Å²) in [6.45, 7) is 1.08. The second-order valence-corrected chi connectivity index (χ2v) is 5.30. The highest BCUT2D eigenvalue weighted by Crippen LogP contribution is 2.26. The predicted molar refractivity (Wildman–Crippen MR) is 82.7 cm³/mol. The molecule has 1 aliphatic heterocycles. The zero-order valence-corrected chi connectivity index (χ0v) is 13.3. The molecule has 1 amide bonds. The van der Waals surface area contributed by atoms with Gasteiger partial charge in [0.2, 0.25) is 0 Å². The van der Waals surface area contributed by atoms with E-state index in [1.807, 2.05) is 0 Å². The highest BCUT2D eigenvalue weighted by atomic mass is 35.5. The predicted octanol–water partition coefficient (Wildman–Crippen LogP) is 3.35. The number of nitrogens with two attached hydrogens (primary N) is 1. The number of ether oxygens (including phenoxy) is 1. The van der Waals surface area contributed by atoms with Gasteiger partial charge in [0.05, 0.1) is 0 Å². The topological polar surface area (TPSA) is 55.6 Å². The Morgan fingerprint density at radius 3 is 2.74 bits per heavy atom. The van der Waals surface area contributed by atoms with Crippen LogP contribution in [0.15, 0.2) is 24.3 Å². The third-order valence-corrected chi connectivity index (χ3v) is 3.70. The van der Waals surface area contributed by atoms with Crippen LogP contribution in [0.3, 0.4) is 0 Å². The Bertz CT molecular complexity index is 524. The Kier molecular flexibility index (Phi) is 7.15. The van der Waals surface area contributed by atoms with Crippen LogP contribution in [0.2, 0.25) is 0 Å². The minimum atomic E-state index is -4.77. The van der Waals surface area contributed by atoms with E-state index in [2.05, 4.69) is 4.74 Å². The number of hydrogen-bond acceptors (Lipinski definition) is 3. The fourth-order valence-corrected chi connectivity index (χ4v) is 2.75. The van der Waals surface area contributed by atoms with E-state index >= 15 is 0 Å². The number of hydrogen-bond donors (Lipinski definition) is 1. The molecule has 1 heterocycles. The molecule has 1 aromatic carbocycles. The van der Waals surface area contributed by atoms with Gasteiger partial charge in [0.25, 0.3) is 5.91 Å². The molecular formula is C15H20ClF3N2O2. The van der Waals surface area contributed by atoms with E-state index < -0.39 is 6.36 Å². The van der Waals surface area contributed by atoms with E-state index in [1.165, 1.54) is 18.2 Å². The first-order chi connectivity index (χ1) is 10.4. The molecular weight excluding hydrogens is 333 g/mol. The second kappa shape index (κ2) is 8.40. The van der Waals surface area contributed by atoms with Crippen molar-refractivity contribution in [3.63, 3.8) is 0 Å². The summed E-state index contributed by atoms with van der Waals surface area (Å²) in [5.41, 5.74) is 5.77. The number of likely N-dealkylation sites (tertiary alicyclic amines) is 1. The zero-order chi connectivity index (χ0) is 16.2. The van der Waals surface area contributed by atoms with Crippen molar-refractivity contribution in [2.45, 2.75) is 38.1 Å². The molecule has 130 valence electrons. The maximum Gasteiger partial charge on any atom is 0.573 e. The number of piperidine rings is 1. The van der Waals surface area contributed by atoms with Gasteiger partial charge in [-0.25, -0.2) is 0 Å². The van der Waals surface area contributed by atoms with Gasteiger partial charge in [-0.05, 0) is 50.4 Å². The summed E-state index contributed by atoms with van der Waals surface area (Å²) in [7, 11) is 0. The maximum absolute atomic E-state index is 12.6. The lowest BCUT2D eigenvalue weighted by molar-refractivity contribution is -0.274. The number of nitrogens with zero attached hydrogens (tertiary/aromatic N) is 1. The van der Waals surface area contributed by atoms with Crippen LogP contribution < -0.4 is 10.5 Å². The SMILES string of the molecule is Cl.NCCC1CCCCN1C(=O)c1cccc(OC(F)(F)F)c1. The van der Waals surface area contributed by atoms with Crippen LogP contribution in [-0.4, -0.2) is 36.3 Å². The Labute approximate surface area is 139 Å². The molecule has 1 unspecified atom stereocenters. The van der Waals surface area contributed by atoms with Gasteiger partial charge in [0.15, 0.2) is 0 Å². The van der Waals surface area contributed by atoms with E-state index in [0.29, 0.717) is 19.5 Å². The van der Waals surface area contributed by atoms with Gasteiger partial charge in [-0.3, -0.25) is 4.79 Å².